The lowest BCUT2D eigenvalue weighted by Crippen LogP contribution is -2.25. The Hall–Kier alpha value is -1.96. The van der Waals surface area contributed by atoms with Crippen LogP contribution in [-0.2, 0) is 4.74 Å². The standard InChI is InChI=1S/C12H6BrF2NO4/c1-18-11(17)6-4-16-7-3-9-8(2-5(7)10(6)13)19-12(14,15)20-9/h2-4H,1H3. The number of hydrogen-bond acceptors (Lipinski definition) is 5. The number of aromatic nitrogens is 1. The number of carbonyl (C=O) groups excluding carboxylic acids is 1. The van der Waals surface area contributed by atoms with Gasteiger partial charge in [-0.2, -0.15) is 0 Å². The van der Waals surface area contributed by atoms with Crippen LogP contribution >= 0.6 is 15.9 Å². The number of halogens is 3. The van der Waals surface area contributed by atoms with E-state index >= 15 is 0 Å². The van der Waals surface area contributed by atoms with Crippen LogP contribution < -0.4 is 9.47 Å². The Morgan fingerprint density at radius 1 is 1.35 bits per heavy atom. The van der Waals surface area contributed by atoms with Crippen molar-refractivity contribution < 1.29 is 27.8 Å². The molecule has 8 heteroatoms. The lowest BCUT2D eigenvalue weighted by atomic mass is 10.1. The Balaban J connectivity index is 2.20. The number of methoxy groups -OCH3 is 1. The van der Waals surface area contributed by atoms with Gasteiger partial charge in [-0.25, -0.2) is 4.79 Å². The van der Waals surface area contributed by atoms with E-state index in [9.17, 15) is 13.6 Å². The van der Waals surface area contributed by atoms with Crippen LogP contribution in [0.1, 0.15) is 10.4 Å². The van der Waals surface area contributed by atoms with Gasteiger partial charge in [0, 0.05) is 22.1 Å². The second-order valence-electron chi connectivity index (χ2n) is 3.96. The van der Waals surface area contributed by atoms with Gasteiger partial charge >= 0.3 is 12.3 Å². The van der Waals surface area contributed by atoms with E-state index < -0.39 is 12.3 Å². The van der Waals surface area contributed by atoms with E-state index in [4.69, 9.17) is 0 Å². The molecule has 0 saturated carbocycles. The van der Waals surface area contributed by atoms with Crippen molar-refractivity contribution in [2.24, 2.45) is 0 Å². The van der Waals surface area contributed by atoms with Gasteiger partial charge in [-0.15, -0.1) is 8.78 Å². The summed E-state index contributed by atoms with van der Waals surface area (Å²) in [5, 5.41) is 0.438. The number of ether oxygens (including phenoxy) is 3. The van der Waals surface area contributed by atoms with Crippen molar-refractivity contribution in [3.8, 4) is 11.5 Å². The highest BCUT2D eigenvalue weighted by Crippen LogP contribution is 2.44. The van der Waals surface area contributed by atoms with Crippen molar-refractivity contribution in [1.29, 1.82) is 0 Å². The van der Waals surface area contributed by atoms with Gasteiger partial charge in [-0.3, -0.25) is 4.98 Å². The second kappa shape index (κ2) is 4.27. The number of alkyl halides is 2. The van der Waals surface area contributed by atoms with Crippen LogP contribution in [0.2, 0.25) is 0 Å². The lowest BCUT2D eigenvalue weighted by Gasteiger charge is -2.06. The smallest absolute Gasteiger partial charge is 0.465 e. The fraction of sp³-hybridized carbons (Fsp3) is 0.167. The highest BCUT2D eigenvalue weighted by molar-refractivity contribution is 9.10. The second-order valence-corrected chi connectivity index (χ2v) is 4.75. The van der Waals surface area contributed by atoms with Gasteiger partial charge < -0.3 is 14.2 Å². The molecular weight excluding hydrogens is 340 g/mol. The number of rotatable bonds is 1. The Morgan fingerprint density at radius 3 is 2.65 bits per heavy atom. The number of carbonyl (C=O) groups is 1. The highest BCUT2D eigenvalue weighted by atomic mass is 79.9. The summed E-state index contributed by atoms with van der Waals surface area (Å²) in [6.45, 7) is 0. The zero-order valence-electron chi connectivity index (χ0n) is 9.95. The molecule has 1 aliphatic heterocycles. The van der Waals surface area contributed by atoms with Gasteiger partial charge in [0.2, 0.25) is 0 Å². The van der Waals surface area contributed by atoms with Crippen LogP contribution in [0.15, 0.2) is 22.8 Å². The maximum atomic E-state index is 13.0. The van der Waals surface area contributed by atoms with Crippen LogP contribution in [-0.4, -0.2) is 24.4 Å². The molecule has 1 aromatic heterocycles. The maximum Gasteiger partial charge on any atom is 0.586 e. The molecule has 0 N–H and O–H groups in total. The average Bonchev–Trinajstić information content (AvgIpc) is 2.69. The highest BCUT2D eigenvalue weighted by Gasteiger charge is 2.43. The van der Waals surface area contributed by atoms with E-state index in [1.165, 1.54) is 25.4 Å². The van der Waals surface area contributed by atoms with Crippen LogP contribution in [0.4, 0.5) is 8.78 Å². The number of benzene rings is 1. The van der Waals surface area contributed by atoms with Crippen molar-refractivity contribution in [3.05, 3.63) is 28.4 Å². The predicted octanol–water partition coefficient (Wildman–Crippen LogP) is 3.11. The van der Waals surface area contributed by atoms with Gasteiger partial charge in [-0.1, -0.05) is 0 Å². The van der Waals surface area contributed by atoms with E-state index in [0.717, 1.165) is 0 Å². The van der Waals surface area contributed by atoms with Crippen LogP contribution in [0.3, 0.4) is 0 Å². The first-order valence-corrected chi connectivity index (χ1v) is 6.17. The third-order valence-corrected chi connectivity index (χ3v) is 3.58. The zero-order valence-corrected chi connectivity index (χ0v) is 11.5. The summed E-state index contributed by atoms with van der Waals surface area (Å²) in [4.78, 5) is 15.6. The monoisotopic (exact) mass is 345 g/mol. The molecule has 5 nitrogen and oxygen atoms in total. The maximum absolute atomic E-state index is 13.0. The third kappa shape index (κ3) is 1.96. The van der Waals surface area contributed by atoms with Crippen molar-refractivity contribution in [3.63, 3.8) is 0 Å². The van der Waals surface area contributed by atoms with Crippen molar-refractivity contribution in [1.82, 2.24) is 4.98 Å². The molecular formula is C12H6BrF2NO4. The number of nitrogens with zero attached hydrogens (tertiary/aromatic N) is 1. The van der Waals surface area contributed by atoms with Gasteiger partial charge in [0.25, 0.3) is 0 Å². The number of pyridine rings is 1. The quantitative estimate of drug-likeness (QED) is 0.743. The average molecular weight is 346 g/mol. The molecule has 3 rings (SSSR count). The number of esters is 1. The summed E-state index contributed by atoms with van der Waals surface area (Å²) in [7, 11) is 1.24. The van der Waals surface area contributed by atoms with Crippen molar-refractivity contribution in [2.75, 3.05) is 7.11 Å². The molecule has 104 valence electrons. The van der Waals surface area contributed by atoms with Crippen LogP contribution in [0, 0.1) is 0 Å². The fourth-order valence-electron chi connectivity index (χ4n) is 1.86. The molecule has 0 amide bonds. The van der Waals surface area contributed by atoms with Crippen molar-refractivity contribution >= 4 is 32.8 Å². The largest absolute Gasteiger partial charge is 0.586 e. The minimum atomic E-state index is -3.70. The summed E-state index contributed by atoms with van der Waals surface area (Å²) in [5.74, 6) is -0.811. The molecule has 0 atom stereocenters. The third-order valence-electron chi connectivity index (χ3n) is 2.73. The molecule has 0 saturated heterocycles. The molecule has 0 fully saturated rings. The summed E-state index contributed by atoms with van der Waals surface area (Å²) >= 11 is 3.24. The fourth-order valence-corrected chi connectivity index (χ4v) is 2.44. The Kier molecular flexibility index (Phi) is 2.79. The minimum absolute atomic E-state index is 0.104. The molecule has 2 heterocycles. The van der Waals surface area contributed by atoms with Gasteiger partial charge in [0.05, 0.1) is 18.2 Å². The first-order valence-electron chi connectivity index (χ1n) is 5.38. The first-order chi connectivity index (χ1) is 9.41. The zero-order chi connectivity index (χ0) is 14.5. The van der Waals surface area contributed by atoms with Gasteiger partial charge in [-0.05, 0) is 22.0 Å². The van der Waals surface area contributed by atoms with E-state index in [1.807, 2.05) is 0 Å². The number of hydrogen-bond donors (Lipinski definition) is 0. The molecule has 0 unspecified atom stereocenters. The molecule has 1 aliphatic rings. The Morgan fingerprint density at radius 2 is 2.00 bits per heavy atom. The van der Waals surface area contributed by atoms with Crippen molar-refractivity contribution in [2.45, 2.75) is 6.29 Å². The SMILES string of the molecule is COC(=O)c1cnc2cc3c(cc2c1Br)OC(F)(F)O3. The number of fused-ring (bicyclic) bond motifs is 2. The summed E-state index contributed by atoms with van der Waals surface area (Å²) in [6, 6.07) is 2.65. The summed E-state index contributed by atoms with van der Waals surface area (Å²) < 4.78 is 39.7. The molecule has 20 heavy (non-hydrogen) atoms. The molecule has 0 spiro atoms. The molecule has 0 aliphatic carbocycles. The Bertz CT molecular complexity index is 735. The van der Waals surface area contributed by atoms with E-state index in [-0.39, 0.29) is 17.1 Å². The topological polar surface area (TPSA) is 57.7 Å². The molecule has 2 aromatic rings. The van der Waals surface area contributed by atoms with E-state index in [1.54, 1.807) is 0 Å². The predicted molar refractivity (Wildman–Crippen MR) is 67.0 cm³/mol. The van der Waals surface area contributed by atoms with Crippen LogP contribution in [0.25, 0.3) is 10.9 Å². The van der Waals surface area contributed by atoms with Crippen LogP contribution in [0.5, 0.6) is 11.5 Å². The summed E-state index contributed by atoms with van der Waals surface area (Å²) in [5.41, 5.74) is 0.565. The molecule has 0 bridgehead atoms. The minimum Gasteiger partial charge on any atom is -0.465 e. The normalized spacial score (nSPS) is 15.4. The first kappa shape index (κ1) is 13.0. The summed E-state index contributed by atoms with van der Waals surface area (Å²) in [6.07, 6.45) is -2.41. The Labute approximate surface area is 119 Å². The lowest BCUT2D eigenvalue weighted by molar-refractivity contribution is -0.286. The molecule has 0 radical (unpaired) electrons. The molecule has 1 aromatic carbocycles. The van der Waals surface area contributed by atoms with Gasteiger partial charge in [0.15, 0.2) is 11.5 Å². The van der Waals surface area contributed by atoms with Gasteiger partial charge in [0.1, 0.15) is 0 Å². The van der Waals surface area contributed by atoms with E-state index in [2.05, 4.69) is 35.1 Å². The van der Waals surface area contributed by atoms with E-state index in [0.29, 0.717) is 15.4 Å².